The van der Waals surface area contributed by atoms with E-state index in [9.17, 15) is 9.36 Å². The van der Waals surface area contributed by atoms with E-state index < -0.39 is 14.1 Å². The molecule has 0 aromatic carbocycles. The van der Waals surface area contributed by atoms with Crippen LogP contribution >= 0.6 is 8.18 Å². The van der Waals surface area contributed by atoms with Gasteiger partial charge in [-0.3, -0.25) is 14.4 Å². The molecule has 0 aromatic heterocycles. The minimum absolute atomic E-state index is 0.628. The summed E-state index contributed by atoms with van der Waals surface area (Å²) in [7, 11) is -2.87. The largest absolute Gasteiger partial charge is 0.331 e. The molecule has 8 heavy (non-hydrogen) atoms. The molecule has 5 heteroatoms. The monoisotopic (exact) mass is 135 g/mol. The summed E-state index contributed by atoms with van der Waals surface area (Å²) < 4.78 is 9.77. The molecule has 0 saturated heterocycles. The summed E-state index contributed by atoms with van der Waals surface area (Å²) >= 11 is 0. The van der Waals surface area contributed by atoms with Crippen molar-refractivity contribution in [1.29, 1.82) is 0 Å². The van der Waals surface area contributed by atoms with Crippen LogP contribution in [0.3, 0.4) is 0 Å². The fourth-order valence-electron chi connectivity index (χ4n) is 0.156. The van der Waals surface area contributed by atoms with Gasteiger partial charge < -0.3 is 4.89 Å². The highest BCUT2D eigenvalue weighted by Crippen LogP contribution is 2.02. The molecule has 1 amide bonds. The van der Waals surface area contributed by atoms with E-state index in [1.807, 2.05) is 0 Å². The van der Waals surface area contributed by atoms with E-state index in [2.05, 4.69) is 6.58 Å². The molecule has 0 rings (SSSR count). The van der Waals surface area contributed by atoms with Gasteiger partial charge >= 0.3 is 0 Å². The molecule has 0 saturated carbocycles. The zero-order chi connectivity index (χ0) is 6.57. The average Bonchev–Trinajstić information content (AvgIpc) is 1.65. The zero-order valence-electron chi connectivity index (χ0n) is 4.05. The van der Waals surface area contributed by atoms with Gasteiger partial charge in [0.05, 0.1) is 0 Å². The molecule has 0 aliphatic carbocycles. The lowest BCUT2D eigenvalue weighted by Gasteiger charge is -1.90. The predicted molar refractivity (Wildman–Crippen MR) is 29.6 cm³/mol. The second kappa shape index (κ2) is 3.41. The van der Waals surface area contributed by atoms with Gasteiger partial charge in [0.25, 0.3) is 8.18 Å². The van der Waals surface area contributed by atoms with Crippen LogP contribution in [0.25, 0.3) is 0 Å². The molecule has 1 unspecified atom stereocenters. The van der Waals surface area contributed by atoms with E-state index >= 15 is 0 Å². The summed E-state index contributed by atoms with van der Waals surface area (Å²) in [6.07, 6.45) is 0.929. The van der Waals surface area contributed by atoms with Crippen molar-refractivity contribution in [2.75, 3.05) is 0 Å². The Hall–Kier alpha value is -0.600. The van der Waals surface area contributed by atoms with Crippen LogP contribution in [-0.2, 0) is 9.36 Å². The van der Waals surface area contributed by atoms with Gasteiger partial charge in [0, 0.05) is 0 Å². The fraction of sp³-hybridized carbons (Fsp3) is 0. The number of rotatable bonds is 2. The Morgan fingerprint density at radius 1 is 1.88 bits per heavy atom. The lowest BCUT2D eigenvalue weighted by atomic mass is 10.6. The lowest BCUT2D eigenvalue weighted by Crippen LogP contribution is -2.10. The van der Waals surface area contributed by atoms with Crippen LogP contribution < -0.4 is 5.09 Å². The molecular weight excluding hydrogens is 129 g/mol. The molecule has 0 bridgehead atoms. The summed E-state index contributed by atoms with van der Waals surface area (Å²) in [5.74, 6) is -0.628. The molecule has 46 valence electrons. The average molecular weight is 135 g/mol. The first kappa shape index (κ1) is 7.40. The highest BCUT2D eigenvalue weighted by Gasteiger charge is 1.93. The van der Waals surface area contributed by atoms with E-state index in [0.717, 1.165) is 6.08 Å². The summed E-state index contributed by atoms with van der Waals surface area (Å²) in [5.41, 5.74) is 0. The van der Waals surface area contributed by atoms with Crippen molar-refractivity contribution >= 4 is 14.1 Å². The van der Waals surface area contributed by atoms with Crippen LogP contribution in [0.5, 0.6) is 0 Å². The Balaban J connectivity index is 3.55. The molecule has 0 heterocycles. The van der Waals surface area contributed by atoms with Crippen molar-refractivity contribution in [1.82, 2.24) is 5.09 Å². The standard InChI is InChI=1S/C3H6NO3P/c1-2-3(5)4-8(6)7/h2,8H,1H2,(H2,4,5,6,7). The summed E-state index contributed by atoms with van der Waals surface area (Å²) in [6, 6.07) is 0. The lowest BCUT2D eigenvalue weighted by molar-refractivity contribution is -0.114. The number of carbonyl (C=O) groups is 1. The molecule has 1 atom stereocenters. The number of nitrogens with one attached hydrogen (secondary N) is 1. The Kier molecular flexibility index (Phi) is 3.15. The number of amides is 1. The van der Waals surface area contributed by atoms with Crippen molar-refractivity contribution in [2.24, 2.45) is 0 Å². The molecule has 0 aliphatic rings. The van der Waals surface area contributed by atoms with Crippen molar-refractivity contribution in [2.45, 2.75) is 0 Å². The molecule has 0 aliphatic heterocycles. The van der Waals surface area contributed by atoms with Crippen LogP contribution in [-0.4, -0.2) is 10.8 Å². The Morgan fingerprint density at radius 2 is 2.38 bits per heavy atom. The minimum Gasteiger partial charge on any atom is -0.331 e. The second-order valence-corrected chi connectivity index (χ2v) is 1.86. The molecule has 2 N–H and O–H groups in total. The minimum atomic E-state index is -2.87. The molecular formula is C3H6NO3P. The van der Waals surface area contributed by atoms with Crippen LogP contribution in [0.4, 0.5) is 0 Å². The van der Waals surface area contributed by atoms with Gasteiger partial charge in [-0.1, -0.05) is 6.58 Å². The maximum Gasteiger partial charge on any atom is 0.282 e. The maximum absolute atomic E-state index is 10.1. The summed E-state index contributed by atoms with van der Waals surface area (Å²) in [6.45, 7) is 3.07. The smallest absolute Gasteiger partial charge is 0.282 e. The van der Waals surface area contributed by atoms with Gasteiger partial charge in [0.2, 0.25) is 5.91 Å². The van der Waals surface area contributed by atoms with Crippen LogP contribution in [0.15, 0.2) is 12.7 Å². The number of carbonyl (C=O) groups excluding carboxylic acids is 1. The normalized spacial score (nSPS) is 12.1. The van der Waals surface area contributed by atoms with Crippen molar-refractivity contribution in [3.05, 3.63) is 12.7 Å². The van der Waals surface area contributed by atoms with Crippen LogP contribution in [0.1, 0.15) is 0 Å². The van der Waals surface area contributed by atoms with Gasteiger partial charge in [-0.15, -0.1) is 0 Å². The van der Waals surface area contributed by atoms with E-state index in [1.165, 1.54) is 0 Å². The van der Waals surface area contributed by atoms with Gasteiger partial charge in [0.15, 0.2) is 0 Å². The van der Waals surface area contributed by atoms with Crippen molar-refractivity contribution < 1.29 is 14.3 Å². The SMILES string of the molecule is C=CC(=O)N[PH](=O)O. The zero-order valence-corrected chi connectivity index (χ0v) is 5.05. The third-order valence-corrected chi connectivity index (χ3v) is 0.876. The van der Waals surface area contributed by atoms with Gasteiger partial charge in [-0.25, -0.2) is 0 Å². The number of hydrogen-bond donors (Lipinski definition) is 2. The van der Waals surface area contributed by atoms with E-state index in [-0.39, 0.29) is 0 Å². The highest BCUT2D eigenvalue weighted by molar-refractivity contribution is 7.36. The van der Waals surface area contributed by atoms with Gasteiger partial charge in [-0.05, 0) is 6.08 Å². The van der Waals surface area contributed by atoms with E-state index in [0.29, 0.717) is 0 Å². The molecule has 0 aromatic rings. The second-order valence-electron chi connectivity index (χ2n) is 0.999. The van der Waals surface area contributed by atoms with Crippen LogP contribution in [0, 0.1) is 0 Å². The molecule has 4 nitrogen and oxygen atoms in total. The van der Waals surface area contributed by atoms with E-state index in [1.54, 1.807) is 5.09 Å². The Morgan fingerprint density at radius 3 is 2.50 bits per heavy atom. The summed E-state index contributed by atoms with van der Waals surface area (Å²) in [5, 5.41) is 1.74. The Bertz CT molecular complexity index is 132. The highest BCUT2D eigenvalue weighted by atomic mass is 31.1. The van der Waals surface area contributed by atoms with Gasteiger partial charge in [-0.2, -0.15) is 0 Å². The topological polar surface area (TPSA) is 66.4 Å². The predicted octanol–water partition coefficient (Wildman–Crippen LogP) is -0.329. The van der Waals surface area contributed by atoms with Crippen molar-refractivity contribution in [3.63, 3.8) is 0 Å². The third-order valence-electron chi connectivity index (χ3n) is 0.416. The summed E-state index contributed by atoms with van der Waals surface area (Å²) in [4.78, 5) is 18.1. The molecule has 0 radical (unpaired) electrons. The van der Waals surface area contributed by atoms with Gasteiger partial charge in [0.1, 0.15) is 0 Å². The Labute approximate surface area is 47.1 Å². The first-order valence-electron chi connectivity index (χ1n) is 1.83. The van der Waals surface area contributed by atoms with Crippen LogP contribution in [0.2, 0.25) is 0 Å². The third kappa shape index (κ3) is 3.59. The molecule has 0 spiro atoms. The quantitative estimate of drug-likeness (QED) is 0.402. The first-order chi connectivity index (χ1) is 3.66. The fourth-order valence-corrected chi connectivity index (χ4v) is 0.469. The van der Waals surface area contributed by atoms with Crippen molar-refractivity contribution in [3.8, 4) is 0 Å². The number of hydrogen-bond acceptors (Lipinski definition) is 2. The first-order valence-corrected chi connectivity index (χ1v) is 3.18. The van der Waals surface area contributed by atoms with E-state index in [4.69, 9.17) is 4.89 Å². The molecule has 0 fully saturated rings. The maximum atomic E-state index is 10.1.